The second-order valence-corrected chi connectivity index (χ2v) is 5.54. The van der Waals surface area contributed by atoms with E-state index >= 15 is 0 Å². The molecule has 1 aromatic carbocycles. The Morgan fingerprint density at radius 3 is 2.89 bits per heavy atom. The van der Waals surface area contributed by atoms with Gasteiger partial charge in [0, 0.05) is 18.8 Å². The molecule has 0 aromatic heterocycles. The number of hydrogen-bond acceptors (Lipinski definition) is 3. The van der Waals surface area contributed by atoms with Gasteiger partial charge in [-0.3, -0.25) is 0 Å². The van der Waals surface area contributed by atoms with E-state index in [1.165, 1.54) is 36.1 Å². The first kappa shape index (κ1) is 14.4. The first-order chi connectivity index (χ1) is 9.26. The number of anilines is 1. The summed E-state index contributed by atoms with van der Waals surface area (Å²) in [6.45, 7) is 4.33. The molecular weight excluding hydrogens is 236 g/mol. The number of aliphatic hydroxyl groups excluding tert-OH is 1. The van der Waals surface area contributed by atoms with Crippen LogP contribution in [0.4, 0.5) is 5.69 Å². The lowest BCUT2D eigenvalue weighted by atomic mass is 10.1. The summed E-state index contributed by atoms with van der Waals surface area (Å²) in [5.41, 5.74) is 3.92. The maximum Gasteiger partial charge on any atom is 0.0635 e. The lowest BCUT2D eigenvalue weighted by Gasteiger charge is -2.32. The van der Waals surface area contributed by atoms with E-state index in [1.807, 2.05) is 7.05 Å². The maximum atomic E-state index is 9.67. The molecule has 1 aromatic rings. The molecule has 0 spiro atoms. The van der Waals surface area contributed by atoms with Crippen LogP contribution in [0.15, 0.2) is 18.2 Å². The van der Waals surface area contributed by atoms with Crippen molar-refractivity contribution in [2.24, 2.45) is 0 Å². The molecule has 2 rings (SSSR count). The quantitative estimate of drug-likeness (QED) is 0.875. The van der Waals surface area contributed by atoms with Gasteiger partial charge in [0.15, 0.2) is 0 Å². The molecule has 1 aliphatic rings. The summed E-state index contributed by atoms with van der Waals surface area (Å²) in [5, 5.41) is 12.9. The Morgan fingerprint density at radius 2 is 2.16 bits per heavy atom. The number of hydrogen-bond donors (Lipinski definition) is 2. The van der Waals surface area contributed by atoms with E-state index in [-0.39, 0.29) is 12.6 Å². The summed E-state index contributed by atoms with van der Waals surface area (Å²) in [6.07, 6.45) is 4.84. The number of aliphatic hydroxyl groups is 1. The minimum atomic E-state index is 0.257. The molecule has 1 heterocycles. The topological polar surface area (TPSA) is 35.5 Å². The number of rotatable bonds is 4. The molecule has 2 N–H and O–H groups in total. The number of benzene rings is 1. The van der Waals surface area contributed by atoms with Gasteiger partial charge in [-0.15, -0.1) is 0 Å². The Bertz CT molecular complexity index is 406. The zero-order valence-corrected chi connectivity index (χ0v) is 12.2. The monoisotopic (exact) mass is 262 g/mol. The van der Waals surface area contributed by atoms with Gasteiger partial charge in [-0.1, -0.05) is 30.5 Å². The summed E-state index contributed by atoms with van der Waals surface area (Å²) in [7, 11) is 1.98. The fourth-order valence-corrected chi connectivity index (χ4v) is 3.01. The minimum Gasteiger partial charge on any atom is -0.394 e. The lowest BCUT2D eigenvalue weighted by Crippen LogP contribution is -2.38. The Labute approximate surface area is 116 Å². The molecule has 1 aliphatic heterocycles. The summed E-state index contributed by atoms with van der Waals surface area (Å²) in [5.74, 6) is 0. The smallest absolute Gasteiger partial charge is 0.0635 e. The molecule has 0 radical (unpaired) electrons. The molecule has 0 saturated carbocycles. The Morgan fingerprint density at radius 1 is 1.32 bits per heavy atom. The molecular formula is C16H26N2O. The third-order valence-electron chi connectivity index (χ3n) is 4.00. The van der Waals surface area contributed by atoms with Crippen LogP contribution in [0, 0.1) is 6.92 Å². The molecule has 0 bridgehead atoms. The lowest BCUT2D eigenvalue weighted by molar-refractivity contribution is 0.255. The Kier molecular flexibility index (Phi) is 5.23. The van der Waals surface area contributed by atoms with Gasteiger partial charge < -0.3 is 15.3 Å². The SMILES string of the molecule is CNCc1cc(C)ccc1N1CCCCCC1CO. The van der Waals surface area contributed by atoms with Gasteiger partial charge in [0.25, 0.3) is 0 Å². The molecule has 3 nitrogen and oxygen atoms in total. The van der Waals surface area contributed by atoms with E-state index in [4.69, 9.17) is 0 Å². The number of aryl methyl sites for hydroxylation is 1. The minimum absolute atomic E-state index is 0.257. The number of nitrogens with zero attached hydrogens (tertiary/aromatic N) is 1. The zero-order valence-electron chi connectivity index (χ0n) is 12.2. The van der Waals surface area contributed by atoms with Crippen molar-refractivity contribution in [1.82, 2.24) is 5.32 Å². The van der Waals surface area contributed by atoms with Crippen LogP contribution in [0.3, 0.4) is 0 Å². The fourth-order valence-electron chi connectivity index (χ4n) is 3.01. The first-order valence-electron chi connectivity index (χ1n) is 7.38. The highest BCUT2D eigenvalue weighted by molar-refractivity contribution is 5.56. The van der Waals surface area contributed by atoms with E-state index in [9.17, 15) is 5.11 Å². The van der Waals surface area contributed by atoms with Gasteiger partial charge in [0.2, 0.25) is 0 Å². The van der Waals surface area contributed by atoms with Crippen LogP contribution >= 0.6 is 0 Å². The van der Waals surface area contributed by atoms with Crippen molar-refractivity contribution >= 4 is 5.69 Å². The highest BCUT2D eigenvalue weighted by Crippen LogP contribution is 2.28. The van der Waals surface area contributed by atoms with E-state index < -0.39 is 0 Å². The van der Waals surface area contributed by atoms with Gasteiger partial charge in [-0.05, 0) is 38.4 Å². The molecule has 1 fully saturated rings. The van der Waals surface area contributed by atoms with Crippen LogP contribution in [0.5, 0.6) is 0 Å². The van der Waals surface area contributed by atoms with Crippen molar-refractivity contribution in [1.29, 1.82) is 0 Å². The molecule has 1 atom stereocenters. The molecule has 1 unspecified atom stereocenters. The zero-order chi connectivity index (χ0) is 13.7. The predicted octanol–water partition coefficient (Wildman–Crippen LogP) is 2.46. The molecule has 106 valence electrons. The predicted molar refractivity (Wildman–Crippen MR) is 80.6 cm³/mol. The van der Waals surface area contributed by atoms with Crippen LogP contribution in [-0.4, -0.2) is 31.3 Å². The van der Waals surface area contributed by atoms with E-state index in [2.05, 4.69) is 35.3 Å². The summed E-state index contributed by atoms with van der Waals surface area (Å²) in [6, 6.07) is 6.93. The van der Waals surface area contributed by atoms with Gasteiger partial charge in [0.05, 0.1) is 12.6 Å². The van der Waals surface area contributed by atoms with Gasteiger partial charge in [-0.2, -0.15) is 0 Å². The largest absolute Gasteiger partial charge is 0.394 e. The Hall–Kier alpha value is -1.06. The van der Waals surface area contributed by atoms with E-state index in [0.29, 0.717) is 0 Å². The van der Waals surface area contributed by atoms with Crippen molar-refractivity contribution in [2.45, 2.75) is 45.2 Å². The Balaban J connectivity index is 2.31. The van der Waals surface area contributed by atoms with E-state index in [0.717, 1.165) is 19.5 Å². The van der Waals surface area contributed by atoms with Gasteiger partial charge in [-0.25, -0.2) is 0 Å². The third kappa shape index (κ3) is 3.48. The normalized spacial score (nSPS) is 20.4. The van der Waals surface area contributed by atoms with Crippen LogP contribution in [0.1, 0.15) is 36.8 Å². The van der Waals surface area contributed by atoms with Crippen molar-refractivity contribution < 1.29 is 5.11 Å². The van der Waals surface area contributed by atoms with Crippen molar-refractivity contribution in [3.8, 4) is 0 Å². The highest BCUT2D eigenvalue weighted by Gasteiger charge is 2.22. The standard InChI is InChI=1S/C16H26N2O/c1-13-7-8-16(14(10-13)11-17-2)18-9-5-3-4-6-15(18)12-19/h7-8,10,15,17,19H,3-6,9,11-12H2,1-2H3. The first-order valence-corrected chi connectivity index (χ1v) is 7.38. The van der Waals surface area contributed by atoms with E-state index in [1.54, 1.807) is 0 Å². The summed E-state index contributed by atoms with van der Waals surface area (Å²) in [4.78, 5) is 2.42. The summed E-state index contributed by atoms with van der Waals surface area (Å²) >= 11 is 0. The van der Waals surface area contributed by atoms with Crippen molar-refractivity contribution in [2.75, 3.05) is 25.1 Å². The highest BCUT2D eigenvalue weighted by atomic mass is 16.3. The van der Waals surface area contributed by atoms with Crippen LogP contribution in [-0.2, 0) is 6.54 Å². The fraction of sp³-hybridized carbons (Fsp3) is 0.625. The molecule has 0 amide bonds. The van der Waals surface area contributed by atoms with Crippen LogP contribution in [0.25, 0.3) is 0 Å². The second kappa shape index (κ2) is 6.92. The summed E-state index contributed by atoms with van der Waals surface area (Å²) < 4.78 is 0. The molecule has 3 heteroatoms. The van der Waals surface area contributed by atoms with Gasteiger partial charge >= 0.3 is 0 Å². The molecule has 19 heavy (non-hydrogen) atoms. The number of nitrogens with one attached hydrogen (secondary N) is 1. The molecule has 1 saturated heterocycles. The van der Waals surface area contributed by atoms with Crippen LogP contribution in [0.2, 0.25) is 0 Å². The van der Waals surface area contributed by atoms with Gasteiger partial charge in [0.1, 0.15) is 0 Å². The van der Waals surface area contributed by atoms with Crippen LogP contribution < -0.4 is 10.2 Å². The average Bonchev–Trinajstić information content (AvgIpc) is 2.64. The molecule has 0 aliphatic carbocycles. The second-order valence-electron chi connectivity index (χ2n) is 5.54. The third-order valence-corrected chi connectivity index (χ3v) is 4.00. The average molecular weight is 262 g/mol. The maximum absolute atomic E-state index is 9.67. The van der Waals surface area contributed by atoms with Crippen molar-refractivity contribution in [3.05, 3.63) is 29.3 Å². The van der Waals surface area contributed by atoms with Crippen molar-refractivity contribution in [3.63, 3.8) is 0 Å².